The average Bonchev–Trinajstić information content (AvgIpc) is 2.52. The van der Waals surface area contributed by atoms with E-state index in [1.807, 2.05) is 0 Å². The van der Waals surface area contributed by atoms with Gasteiger partial charge in [-0.05, 0) is 42.1 Å². The molecule has 1 aromatic carbocycles. The molecule has 0 saturated heterocycles. The molecular weight excluding hydrogens is 313 g/mol. The standard InChI is InChI=1S/C17H24FN3OS/c1-11-6-5-9-15(12(11)2)19-17(23)21-20-16(22)10-13-7-3-4-8-14(13)18/h3-4,7-8,11-12,15H,5-6,9-10H2,1-2H3,(H,20,22)(H2,19,21,23)/t11-,12+,15-/m0/s1. The highest BCUT2D eigenvalue weighted by Crippen LogP contribution is 2.29. The number of hydrogen-bond donors (Lipinski definition) is 3. The first-order valence-electron chi connectivity index (χ1n) is 8.06. The van der Waals surface area contributed by atoms with Crippen LogP contribution in [0.2, 0.25) is 0 Å². The Balaban J connectivity index is 1.76. The van der Waals surface area contributed by atoms with E-state index in [1.165, 1.54) is 18.9 Å². The molecule has 0 radical (unpaired) electrons. The molecule has 0 spiro atoms. The van der Waals surface area contributed by atoms with Crippen molar-refractivity contribution in [2.75, 3.05) is 0 Å². The Kier molecular flexibility index (Phi) is 6.33. The average molecular weight is 337 g/mol. The summed E-state index contributed by atoms with van der Waals surface area (Å²) in [5.74, 6) is 0.495. The Morgan fingerprint density at radius 2 is 2.00 bits per heavy atom. The fraction of sp³-hybridized carbons (Fsp3) is 0.529. The highest BCUT2D eigenvalue weighted by atomic mass is 32.1. The van der Waals surface area contributed by atoms with E-state index in [9.17, 15) is 9.18 Å². The zero-order valence-corrected chi connectivity index (χ0v) is 14.4. The van der Waals surface area contributed by atoms with E-state index in [1.54, 1.807) is 18.2 Å². The van der Waals surface area contributed by atoms with Gasteiger partial charge in [-0.25, -0.2) is 4.39 Å². The Labute approximate surface area is 142 Å². The van der Waals surface area contributed by atoms with Crippen molar-refractivity contribution in [3.05, 3.63) is 35.6 Å². The van der Waals surface area contributed by atoms with Crippen molar-refractivity contribution in [3.8, 4) is 0 Å². The highest BCUT2D eigenvalue weighted by molar-refractivity contribution is 7.80. The number of thiocarbonyl (C=S) groups is 1. The van der Waals surface area contributed by atoms with Gasteiger partial charge in [0.15, 0.2) is 5.11 Å². The zero-order valence-electron chi connectivity index (χ0n) is 13.6. The van der Waals surface area contributed by atoms with E-state index in [4.69, 9.17) is 12.2 Å². The van der Waals surface area contributed by atoms with Crippen LogP contribution in [0.15, 0.2) is 24.3 Å². The number of rotatable bonds is 3. The molecule has 3 N–H and O–H groups in total. The Hall–Kier alpha value is -1.69. The van der Waals surface area contributed by atoms with E-state index in [2.05, 4.69) is 30.0 Å². The minimum Gasteiger partial charge on any atom is -0.358 e. The summed E-state index contributed by atoms with van der Waals surface area (Å²) in [6.45, 7) is 4.48. The largest absolute Gasteiger partial charge is 0.358 e. The van der Waals surface area contributed by atoms with Gasteiger partial charge in [0.1, 0.15) is 5.82 Å². The minimum absolute atomic E-state index is 0.0286. The van der Waals surface area contributed by atoms with Gasteiger partial charge in [-0.2, -0.15) is 0 Å². The van der Waals surface area contributed by atoms with Gasteiger partial charge in [0.25, 0.3) is 0 Å². The second kappa shape index (κ2) is 8.24. The molecule has 0 unspecified atom stereocenters. The van der Waals surface area contributed by atoms with E-state index >= 15 is 0 Å². The number of amides is 1. The second-order valence-electron chi connectivity index (χ2n) is 6.29. The quantitative estimate of drug-likeness (QED) is 0.586. The number of nitrogens with one attached hydrogen (secondary N) is 3. The molecule has 2 rings (SSSR count). The summed E-state index contributed by atoms with van der Waals surface area (Å²) in [5, 5.41) is 3.66. The van der Waals surface area contributed by atoms with Crippen LogP contribution < -0.4 is 16.2 Å². The first kappa shape index (κ1) is 17.7. The van der Waals surface area contributed by atoms with E-state index < -0.39 is 0 Å². The van der Waals surface area contributed by atoms with Gasteiger partial charge < -0.3 is 5.32 Å². The lowest BCUT2D eigenvalue weighted by Gasteiger charge is -2.35. The second-order valence-corrected chi connectivity index (χ2v) is 6.70. The number of hydrogen-bond acceptors (Lipinski definition) is 2. The number of carbonyl (C=O) groups excluding carboxylic acids is 1. The van der Waals surface area contributed by atoms with Crippen molar-refractivity contribution in [2.45, 2.75) is 45.6 Å². The van der Waals surface area contributed by atoms with Crippen LogP contribution in [0.1, 0.15) is 38.7 Å². The predicted octanol–water partition coefficient (Wildman–Crippen LogP) is 2.69. The van der Waals surface area contributed by atoms with E-state index in [-0.39, 0.29) is 18.1 Å². The molecule has 6 heteroatoms. The molecule has 126 valence electrons. The summed E-state index contributed by atoms with van der Waals surface area (Å²) in [5.41, 5.74) is 5.58. The van der Waals surface area contributed by atoms with E-state index in [0.717, 1.165) is 6.42 Å². The molecule has 1 aliphatic rings. The van der Waals surface area contributed by atoms with Gasteiger partial charge in [-0.3, -0.25) is 15.6 Å². The number of carbonyl (C=O) groups is 1. The lowest BCUT2D eigenvalue weighted by Crippen LogP contribution is -2.52. The molecular formula is C17H24FN3OS. The predicted molar refractivity (Wildman–Crippen MR) is 93.1 cm³/mol. The van der Waals surface area contributed by atoms with Crippen LogP contribution in [-0.4, -0.2) is 17.1 Å². The SMILES string of the molecule is C[C@H]1[C@@H](NC(=S)NNC(=O)Cc2ccccc2F)CCC[C@@H]1C. The molecule has 0 aliphatic heterocycles. The van der Waals surface area contributed by atoms with Gasteiger partial charge >= 0.3 is 0 Å². The third-order valence-electron chi connectivity index (χ3n) is 4.65. The van der Waals surface area contributed by atoms with E-state index in [0.29, 0.717) is 28.6 Å². The molecule has 3 atom stereocenters. The van der Waals surface area contributed by atoms with Crippen molar-refractivity contribution in [1.29, 1.82) is 0 Å². The van der Waals surface area contributed by atoms with Crippen molar-refractivity contribution in [3.63, 3.8) is 0 Å². The fourth-order valence-electron chi connectivity index (χ4n) is 2.98. The Morgan fingerprint density at radius 3 is 2.74 bits per heavy atom. The van der Waals surface area contributed by atoms with Crippen molar-refractivity contribution in [1.82, 2.24) is 16.2 Å². The number of benzene rings is 1. The number of halogens is 1. The molecule has 1 aliphatic carbocycles. The number of hydrazine groups is 1. The topological polar surface area (TPSA) is 53.2 Å². The molecule has 23 heavy (non-hydrogen) atoms. The maximum Gasteiger partial charge on any atom is 0.242 e. The summed E-state index contributed by atoms with van der Waals surface area (Å²) >= 11 is 5.22. The van der Waals surface area contributed by atoms with Crippen molar-refractivity contribution in [2.24, 2.45) is 11.8 Å². The lowest BCUT2D eigenvalue weighted by atomic mass is 9.78. The van der Waals surface area contributed by atoms with Gasteiger partial charge in [0.2, 0.25) is 5.91 Å². The van der Waals surface area contributed by atoms with Gasteiger partial charge in [-0.1, -0.05) is 44.9 Å². The molecule has 0 aromatic heterocycles. The van der Waals surface area contributed by atoms with Crippen LogP contribution in [0.25, 0.3) is 0 Å². The Bertz CT molecular complexity index is 567. The van der Waals surface area contributed by atoms with Crippen LogP contribution in [0, 0.1) is 17.7 Å². The third kappa shape index (κ3) is 5.16. The molecule has 1 aromatic rings. The first-order valence-corrected chi connectivity index (χ1v) is 8.47. The molecule has 1 saturated carbocycles. The smallest absolute Gasteiger partial charge is 0.242 e. The molecule has 4 nitrogen and oxygen atoms in total. The van der Waals surface area contributed by atoms with Gasteiger partial charge in [0, 0.05) is 6.04 Å². The summed E-state index contributed by atoms with van der Waals surface area (Å²) < 4.78 is 13.5. The van der Waals surface area contributed by atoms with Crippen LogP contribution in [0.3, 0.4) is 0 Å². The summed E-state index contributed by atoms with van der Waals surface area (Å²) in [6.07, 6.45) is 3.49. The molecule has 1 fully saturated rings. The monoisotopic (exact) mass is 337 g/mol. The summed E-state index contributed by atoms with van der Waals surface area (Å²) in [4.78, 5) is 11.9. The van der Waals surface area contributed by atoms with Gasteiger partial charge in [0.05, 0.1) is 6.42 Å². The van der Waals surface area contributed by atoms with Gasteiger partial charge in [-0.15, -0.1) is 0 Å². The fourth-order valence-corrected chi connectivity index (χ4v) is 3.18. The lowest BCUT2D eigenvalue weighted by molar-refractivity contribution is -0.121. The van der Waals surface area contributed by atoms with Crippen molar-refractivity contribution >= 4 is 23.2 Å². The maximum atomic E-state index is 13.5. The Morgan fingerprint density at radius 1 is 1.26 bits per heavy atom. The third-order valence-corrected chi connectivity index (χ3v) is 4.87. The van der Waals surface area contributed by atoms with Crippen molar-refractivity contribution < 1.29 is 9.18 Å². The minimum atomic E-state index is -0.381. The van der Waals surface area contributed by atoms with Crippen LogP contribution in [-0.2, 0) is 11.2 Å². The normalized spacial score (nSPS) is 23.9. The summed E-state index contributed by atoms with van der Waals surface area (Å²) in [7, 11) is 0. The summed E-state index contributed by atoms with van der Waals surface area (Å²) in [6, 6.07) is 6.56. The zero-order chi connectivity index (χ0) is 16.8. The van der Waals surface area contributed by atoms with Crippen LogP contribution >= 0.6 is 12.2 Å². The molecule has 0 heterocycles. The maximum absolute atomic E-state index is 13.5. The van der Waals surface area contributed by atoms with Crippen LogP contribution in [0.5, 0.6) is 0 Å². The molecule has 1 amide bonds. The highest BCUT2D eigenvalue weighted by Gasteiger charge is 2.27. The molecule has 0 bridgehead atoms. The van der Waals surface area contributed by atoms with Crippen LogP contribution in [0.4, 0.5) is 4.39 Å². The first-order chi connectivity index (χ1) is 11.0.